The van der Waals surface area contributed by atoms with Crippen molar-refractivity contribution in [2.24, 2.45) is 0 Å². The van der Waals surface area contributed by atoms with Crippen LogP contribution >= 0.6 is 11.6 Å². The molecule has 0 bridgehead atoms. The molecule has 5 aromatic rings. The molecule has 3 aromatic carbocycles. The van der Waals surface area contributed by atoms with E-state index in [1.807, 2.05) is 6.07 Å². The molecular weight excluding hydrogens is 749 g/mol. The molecule has 1 saturated heterocycles. The number of aryl methyl sites for hydroxylation is 1. The second kappa shape index (κ2) is 15.8. The highest BCUT2D eigenvalue weighted by molar-refractivity contribution is 6.34. The SMILES string of the molecule is COc1ccc(CN(Cc2ccc(OC)cc2)c2cc(C)c(C(F)(F)F)c(-c3c(Cl)cc4c(N5CCN(C(=O)O)[C@@H](CC#N)C5)nc(F)nc4c3F)n2)cc1. The molecule has 1 atom stereocenters. The number of carbonyl (C=O) groups is 1. The van der Waals surface area contributed by atoms with Crippen LogP contribution in [0.3, 0.4) is 0 Å². The van der Waals surface area contributed by atoms with Crippen LogP contribution in [0.15, 0.2) is 60.7 Å². The van der Waals surface area contributed by atoms with Crippen LogP contribution < -0.4 is 19.3 Å². The number of carboxylic acid groups (broad SMARTS) is 1. The number of benzene rings is 3. The lowest BCUT2D eigenvalue weighted by molar-refractivity contribution is -0.137. The first-order valence-electron chi connectivity index (χ1n) is 16.8. The van der Waals surface area contributed by atoms with Gasteiger partial charge in [0.1, 0.15) is 28.7 Å². The van der Waals surface area contributed by atoms with Gasteiger partial charge in [-0.3, -0.25) is 0 Å². The van der Waals surface area contributed by atoms with Crippen molar-refractivity contribution >= 4 is 40.2 Å². The maximum absolute atomic E-state index is 16.8. The molecule has 2 aromatic heterocycles. The van der Waals surface area contributed by atoms with Gasteiger partial charge in [-0.25, -0.2) is 14.2 Å². The summed E-state index contributed by atoms with van der Waals surface area (Å²) < 4.78 is 87.2. The first-order chi connectivity index (χ1) is 26.2. The van der Waals surface area contributed by atoms with Crippen LogP contribution in [0.2, 0.25) is 5.02 Å². The van der Waals surface area contributed by atoms with Crippen LogP contribution in [-0.4, -0.2) is 70.9 Å². The topological polar surface area (TPSA) is 128 Å². The van der Waals surface area contributed by atoms with Gasteiger partial charge >= 0.3 is 18.3 Å². The van der Waals surface area contributed by atoms with Gasteiger partial charge in [0.25, 0.3) is 0 Å². The highest BCUT2D eigenvalue weighted by Crippen LogP contribution is 2.45. The van der Waals surface area contributed by atoms with Gasteiger partial charge in [-0.05, 0) is 60.0 Å². The van der Waals surface area contributed by atoms with Gasteiger partial charge in [0.15, 0.2) is 5.82 Å². The zero-order valence-electron chi connectivity index (χ0n) is 29.7. The normalized spacial score (nSPS) is 14.5. The molecule has 11 nitrogen and oxygen atoms in total. The Morgan fingerprint density at radius 2 is 1.58 bits per heavy atom. The van der Waals surface area contributed by atoms with Crippen LogP contribution in [0.4, 0.5) is 38.4 Å². The molecule has 3 heterocycles. The van der Waals surface area contributed by atoms with Crippen molar-refractivity contribution in [3.63, 3.8) is 0 Å². The van der Waals surface area contributed by atoms with Crippen LogP contribution in [-0.2, 0) is 19.3 Å². The number of nitriles is 1. The fourth-order valence-corrected chi connectivity index (χ4v) is 6.95. The van der Waals surface area contributed by atoms with E-state index >= 15 is 8.78 Å². The Bertz CT molecular complexity index is 2220. The molecule has 17 heteroatoms. The summed E-state index contributed by atoms with van der Waals surface area (Å²) in [6.45, 7) is 1.37. The average Bonchev–Trinajstić information content (AvgIpc) is 3.14. The third-order valence-electron chi connectivity index (χ3n) is 9.30. The molecule has 55 heavy (non-hydrogen) atoms. The fraction of sp³-hybridized carbons (Fsp3) is 0.289. The second-order valence-electron chi connectivity index (χ2n) is 12.8. The Kier molecular flexibility index (Phi) is 11.1. The van der Waals surface area contributed by atoms with Gasteiger partial charge in [-0.15, -0.1) is 0 Å². The Morgan fingerprint density at radius 1 is 0.982 bits per heavy atom. The molecule has 1 aliphatic rings. The number of hydrogen-bond acceptors (Lipinski definition) is 9. The first kappa shape index (κ1) is 38.8. The lowest BCUT2D eigenvalue weighted by atomic mass is 9.98. The summed E-state index contributed by atoms with van der Waals surface area (Å²) in [5.41, 5.74) is -2.22. The molecule has 1 N–H and O–H groups in total. The Labute approximate surface area is 317 Å². The second-order valence-corrected chi connectivity index (χ2v) is 13.2. The summed E-state index contributed by atoms with van der Waals surface area (Å²) in [6, 6.07) is 17.7. The van der Waals surface area contributed by atoms with Gasteiger partial charge in [0, 0.05) is 38.1 Å². The number of halogens is 6. The summed E-state index contributed by atoms with van der Waals surface area (Å²) in [7, 11) is 3.04. The predicted octanol–water partition coefficient (Wildman–Crippen LogP) is 8.26. The van der Waals surface area contributed by atoms with Gasteiger partial charge in [-0.1, -0.05) is 35.9 Å². The molecule has 1 fully saturated rings. The Balaban J connectivity index is 1.51. The Morgan fingerprint density at radius 3 is 2.11 bits per heavy atom. The maximum atomic E-state index is 16.8. The van der Waals surface area contributed by atoms with Gasteiger partial charge < -0.3 is 29.3 Å². The number of nitrogens with zero attached hydrogens (tertiary/aromatic N) is 7. The number of pyridine rings is 1. The standard InChI is InChI=1S/C38H33ClF5N7O4/c1-21-16-29(50(18-22-4-8-25(54-2)9-5-22)19-23-6-10-26(55-3)11-7-23)46-34(31(21)38(42,43)44)30-28(39)17-27-33(32(30)40)47-36(41)48-35(27)49-14-15-51(37(52)53)24(20-49)12-13-45/h4-11,16-17,24H,12,14-15,18-20H2,1-3H3,(H,52,53)/t24-/m0/s1. The highest BCUT2D eigenvalue weighted by atomic mass is 35.5. The summed E-state index contributed by atoms with van der Waals surface area (Å²) in [4.78, 5) is 27.9. The van der Waals surface area contributed by atoms with E-state index in [-0.39, 0.29) is 61.7 Å². The fourth-order valence-electron chi connectivity index (χ4n) is 6.67. The number of rotatable bonds is 10. The molecule has 0 spiro atoms. The number of fused-ring (bicyclic) bond motifs is 1. The zero-order chi connectivity index (χ0) is 39.6. The lowest BCUT2D eigenvalue weighted by Crippen LogP contribution is -2.55. The van der Waals surface area contributed by atoms with Crippen LogP contribution in [0.1, 0.15) is 28.7 Å². The third kappa shape index (κ3) is 8.12. The van der Waals surface area contributed by atoms with Gasteiger partial charge in [-0.2, -0.15) is 32.8 Å². The minimum atomic E-state index is -5.02. The number of amides is 1. The number of anilines is 2. The molecule has 6 rings (SSSR count). The number of aromatic nitrogens is 3. The number of hydrogen-bond donors (Lipinski definition) is 1. The van der Waals surface area contributed by atoms with Crippen LogP contribution in [0, 0.1) is 30.2 Å². The highest BCUT2D eigenvalue weighted by Gasteiger charge is 2.39. The summed E-state index contributed by atoms with van der Waals surface area (Å²) in [5, 5.41) is 18.3. The van der Waals surface area contributed by atoms with Crippen molar-refractivity contribution in [3.8, 4) is 28.8 Å². The van der Waals surface area contributed by atoms with Gasteiger partial charge in [0.2, 0.25) is 0 Å². The molecule has 0 aliphatic carbocycles. The predicted molar refractivity (Wildman–Crippen MR) is 194 cm³/mol. The molecule has 0 unspecified atom stereocenters. The maximum Gasteiger partial charge on any atom is 0.418 e. The van der Waals surface area contributed by atoms with Crippen molar-refractivity contribution in [1.29, 1.82) is 5.26 Å². The van der Waals surface area contributed by atoms with Crippen molar-refractivity contribution in [3.05, 3.63) is 99.8 Å². The molecule has 1 aliphatic heterocycles. The average molecular weight is 782 g/mol. The van der Waals surface area contributed by atoms with Gasteiger partial charge in [0.05, 0.1) is 54.6 Å². The minimum absolute atomic E-state index is 0.0139. The van der Waals surface area contributed by atoms with Crippen molar-refractivity contribution < 1.29 is 41.3 Å². The summed E-state index contributed by atoms with van der Waals surface area (Å²) >= 11 is 6.68. The third-order valence-corrected chi connectivity index (χ3v) is 9.60. The van der Waals surface area contributed by atoms with E-state index in [1.54, 1.807) is 53.4 Å². The molecular formula is C38H33ClF5N7O4. The number of piperazine rings is 1. The molecule has 286 valence electrons. The smallest absolute Gasteiger partial charge is 0.418 e. The van der Waals surface area contributed by atoms with E-state index in [9.17, 15) is 28.3 Å². The van der Waals surface area contributed by atoms with Crippen molar-refractivity contribution in [2.45, 2.75) is 38.7 Å². The van der Waals surface area contributed by atoms with Crippen LogP contribution in [0.25, 0.3) is 22.2 Å². The first-order valence-corrected chi connectivity index (χ1v) is 17.2. The molecule has 0 saturated carbocycles. The molecule has 0 radical (unpaired) electrons. The Hall–Kier alpha value is -5.95. The number of ether oxygens (including phenoxy) is 2. The van der Waals surface area contributed by atoms with E-state index in [2.05, 4.69) is 15.0 Å². The largest absolute Gasteiger partial charge is 0.497 e. The minimum Gasteiger partial charge on any atom is -0.497 e. The van der Waals surface area contributed by atoms with Crippen molar-refractivity contribution in [2.75, 3.05) is 43.7 Å². The monoisotopic (exact) mass is 781 g/mol. The van der Waals surface area contributed by atoms with Crippen molar-refractivity contribution in [1.82, 2.24) is 19.9 Å². The zero-order valence-corrected chi connectivity index (χ0v) is 30.4. The quantitative estimate of drug-likeness (QED) is 0.109. The van der Waals surface area contributed by atoms with E-state index in [0.717, 1.165) is 22.1 Å². The molecule has 1 amide bonds. The summed E-state index contributed by atoms with van der Waals surface area (Å²) in [6.07, 6.45) is -7.85. The van der Waals surface area contributed by atoms with E-state index in [1.165, 1.54) is 32.1 Å². The number of methoxy groups -OCH3 is 2. The number of alkyl halides is 3. The van der Waals surface area contributed by atoms with E-state index < -0.39 is 57.6 Å². The lowest BCUT2D eigenvalue weighted by Gasteiger charge is -2.39. The summed E-state index contributed by atoms with van der Waals surface area (Å²) in [5.74, 6) is -0.260. The van der Waals surface area contributed by atoms with E-state index in [0.29, 0.717) is 11.5 Å². The van der Waals surface area contributed by atoms with Crippen LogP contribution in [0.5, 0.6) is 11.5 Å². The van der Waals surface area contributed by atoms with E-state index in [4.69, 9.17) is 21.1 Å².